The van der Waals surface area contributed by atoms with E-state index < -0.39 is 18.0 Å². The Balaban J connectivity index is 0.919. The van der Waals surface area contributed by atoms with Crippen molar-refractivity contribution in [2.45, 2.75) is 96.4 Å². The van der Waals surface area contributed by atoms with Crippen LogP contribution in [0, 0.1) is 11.3 Å². The summed E-state index contributed by atoms with van der Waals surface area (Å²) in [6, 6.07) is 5.43. The molecule has 2 N–H and O–H groups in total. The van der Waals surface area contributed by atoms with Crippen LogP contribution >= 0.6 is 0 Å². The van der Waals surface area contributed by atoms with Gasteiger partial charge in [0.2, 0.25) is 17.7 Å². The van der Waals surface area contributed by atoms with E-state index in [1.807, 2.05) is 43.9 Å². The van der Waals surface area contributed by atoms with Crippen LogP contribution in [0.15, 0.2) is 23.0 Å². The molecule has 1 aliphatic carbocycles. The molecule has 262 valence electrons. The number of benzene rings is 1. The van der Waals surface area contributed by atoms with Crippen molar-refractivity contribution >= 4 is 34.8 Å². The van der Waals surface area contributed by atoms with E-state index in [2.05, 4.69) is 10.2 Å². The van der Waals surface area contributed by atoms with Crippen LogP contribution in [0.25, 0.3) is 11.0 Å². The standard InChI is InChI=1S/C35H50N6O7/c1-35(2,3)29-21-39(15-16-40(29)34(46)47)32(44)23-19-24(20-23)38-13-11-25(12-14-38)48-17-5-6-22-7-8-26-28(18-22)37(4)33(45)41(26)27-9-10-30(42)36-31(27)43/h7-8,18,23-25,27,29H,5-6,9-17,19-21H2,1-4H3,(H,46,47)(H,36,42,43). The lowest BCUT2D eigenvalue weighted by molar-refractivity contribution is -0.145. The van der Waals surface area contributed by atoms with Crippen molar-refractivity contribution in [2.75, 3.05) is 39.3 Å². The van der Waals surface area contributed by atoms with E-state index >= 15 is 0 Å². The van der Waals surface area contributed by atoms with Gasteiger partial charge in [-0.1, -0.05) is 26.8 Å². The first-order chi connectivity index (χ1) is 22.8. The van der Waals surface area contributed by atoms with Crippen LogP contribution in [-0.2, 0) is 32.6 Å². The Kier molecular flexibility index (Phi) is 9.72. The maximum atomic E-state index is 13.3. The normalized spacial score (nSPS) is 26.1. The number of piperazine rings is 1. The first-order valence-corrected chi connectivity index (χ1v) is 17.5. The van der Waals surface area contributed by atoms with Crippen molar-refractivity contribution in [2.24, 2.45) is 18.4 Å². The summed E-state index contributed by atoms with van der Waals surface area (Å²) in [5, 5.41) is 12.0. The number of aryl methyl sites for hydroxylation is 2. The SMILES string of the molecule is Cn1c(=O)n(C2CCC(=O)NC2=O)c2ccc(CCCOC3CCN(C4CC(C(=O)N5CCN(C(=O)O)C(C(C)(C)C)C5)C4)CC3)cc21. The largest absolute Gasteiger partial charge is 0.465 e. The summed E-state index contributed by atoms with van der Waals surface area (Å²) in [5.74, 6) is -0.531. The Morgan fingerprint density at radius 2 is 1.73 bits per heavy atom. The Labute approximate surface area is 281 Å². The zero-order chi connectivity index (χ0) is 34.3. The average molecular weight is 667 g/mol. The second-order valence-corrected chi connectivity index (χ2v) is 15.2. The first kappa shape index (κ1) is 34.2. The van der Waals surface area contributed by atoms with E-state index in [4.69, 9.17) is 4.74 Å². The van der Waals surface area contributed by atoms with Gasteiger partial charge in [0.25, 0.3) is 0 Å². The highest BCUT2D eigenvalue weighted by atomic mass is 16.5. The number of carbonyl (C=O) groups is 4. The molecule has 6 rings (SSSR count). The molecule has 48 heavy (non-hydrogen) atoms. The third-order valence-corrected chi connectivity index (χ3v) is 11.0. The zero-order valence-electron chi connectivity index (χ0n) is 28.7. The Bertz CT molecular complexity index is 1610. The van der Waals surface area contributed by atoms with Gasteiger partial charge in [-0.05, 0) is 68.1 Å². The molecular formula is C35H50N6O7. The molecule has 4 fully saturated rings. The highest BCUT2D eigenvalue weighted by Crippen LogP contribution is 2.36. The maximum Gasteiger partial charge on any atom is 0.407 e. The molecule has 1 saturated carbocycles. The number of amides is 4. The number of nitrogens with zero attached hydrogens (tertiary/aromatic N) is 5. The number of aromatic nitrogens is 2. The number of imide groups is 1. The van der Waals surface area contributed by atoms with Crippen molar-refractivity contribution in [3.8, 4) is 0 Å². The van der Waals surface area contributed by atoms with E-state index in [-0.39, 0.29) is 47.4 Å². The summed E-state index contributed by atoms with van der Waals surface area (Å²) < 4.78 is 9.33. The van der Waals surface area contributed by atoms with Crippen LogP contribution in [0.1, 0.15) is 77.3 Å². The summed E-state index contributed by atoms with van der Waals surface area (Å²) in [7, 11) is 1.71. The first-order valence-electron chi connectivity index (χ1n) is 17.5. The Morgan fingerprint density at radius 3 is 2.40 bits per heavy atom. The molecular weight excluding hydrogens is 616 g/mol. The highest BCUT2D eigenvalue weighted by molar-refractivity contribution is 6.00. The topological polar surface area (TPSA) is 146 Å². The van der Waals surface area contributed by atoms with Crippen LogP contribution in [0.5, 0.6) is 0 Å². The fourth-order valence-corrected chi connectivity index (χ4v) is 8.03. The monoisotopic (exact) mass is 666 g/mol. The fraction of sp³-hybridized carbons (Fsp3) is 0.686. The number of likely N-dealkylation sites (tertiary alicyclic amines) is 1. The number of nitrogens with one attached hydrogen (secondary N) is 1. The Morgan fingerprint density at radius 1 is 1.00 bits per heavy atom. The lowest BCUT2D eigenvalue weighted by Gasteiger charge is -2.49. The molecule has 0 bridgehead atoms. The van der Waals surface area contributed by atoms with Gasteiger partial charge in [-0.3, -0.25) is 28.8 Å². The van der Waals surface area contributed by atoms with Crippen molar-refractivity contribution in [3.05, 3.63) is 34.2 Å². The van der Waals surface area contributed by atoms with Crippen LogP contribution in [0.3, 0.4) is 0 Å². The van der Waals surface area contributed by atoms with Gasteiger partial charge in [-0.25, -0.2) is 9.59 Å². The molecule has 4 aliphatic rings. The predicted molar refractivity (Wildman–Crippen MR) is 179 cm³/mol. The second-order valence-electron chi connectivity index (χ2n) is 15.2. The van der Waals surface area contributed by atoms with Gasteiger partial charge in [-0.15, -0.1) is 0 Å². The van der Waals surface area contributed by atoms with Gasteiger partial charge in [0.15, 0.2) is 0 Å². The van der Waals surface area contributed by atoms with Gasteiger partial charge >= 0.3 is 11.8 Å². The number of hydrogen-bond acceptors (Lipinski definition) is 7. The van der Waals surface area contributed by atoms with Crippen molar-refractivity contribution < 1.29 is 29.0 Å². The van der Waals surface area contributed by atoms with Crippen molar-refractivity contribution in [1.82, 2.24) is 29.2 Å². The fourth-order valence-electron chi connectivity index (χ4n) is 8.03. The van der Waals surface area contributed by atoms with E-state index in [1.165, 1.54) is 9.47 Å². The number of fused-ring (bicyclic) bond motifs is 1. The van der Waals surface area contributed by atoms with E-state index in [9.17, 15) is 29.1 Å². The predicted octanol–water partition coefficient (Wildman–Crippen LogP) is 2.75. The van der Waals surface area contributed by atoms with Gasteiger partial charge in [-0.2, -0.15) is 0 Å². The van der Waals surface area contributed by atoms with Gasteiger partial charge in [0.1, 0.15) is 6.04 Å². The van der Waals surface area contributed by atoms with Gasteiger partial charge in [0, 0.05) is 64.8 Å². The minimum absolute atomic E-state index is 0.0265. The third-order valence-electron chi connectivity index (χ3n) is 11.0. The van der Waals surface area contributed by atoms with Crippen molar-refractivity contribution in [3.63, 3.8) is 0 Å². The quantitative estimate of drug-likeness (QED) is 0.323. The lowest BCUT2D eigenvalue weighted by Crippen LogP contribution is -2.62. The van der Waals surface area contributed by atoms with E-state index in [1.54, 1.807) is 11.6 Å². The molecule has 1 aromatic heterocycles. The molecule has 4 heterocycles. The zero-order valence-corrected chi connectivity index (χ0v) is 28.7. The van der Waals surface area contributed by atoms with Crippen LogP contribution in [-0.4, -0.2) is 110 Å². The molecule has 13 heteroatoms. The minimum atomic E-state index is -0.912. The van der Waals surface area contributed by atoms with Crippen LogP contribution in [0.2, 0.25) is 0 Å². The second kappa shape index (κ2) is 13.7. The van der Waals surface area contributed by atoms with E-state index in [0.29, 0.717) is 44.2 Å². The summed E-state index contributed by atoms with van der Waals surface area (Å²) in [5.41, 5.74) is 2.06. The molecule has 0 radical (unpaired) electrons. The van der Waals surface area contributed by atoms with Crippen LogP contribution < -0.4 is 11.0 Å². The summed E-state index contributed by atoms with van der Waals surface area (Å²) in [6.07, 6.45) is 5.21. The molecule has 0 spiro atoms. The number of rotatable bonds is 8. The molecule has 3 aliphatic heterocycles. The highest BCUT2D eigenvalue weighted by Gasteiger charge is 2.44. The third kappa shape index (κ3) is 6.89. The number of piperidine rings is 2. The summed E-state index contributed by atoms with van der Waals surface area (Å²) >= 11 is 0. The number of ether oxygens (including phenoxy) is 1. The van der Waals surface area contributed by atoms with Crippen LogP contribution in [0.4, 0.5) is 4.79 Å². The molecule has 2 atom stereocenters. The molecule has 3 saturated heterocycles. The lowest BCUT2D eigenvalue weighted by atomic mass is 9.77. The number of carbonyl (C=O) groups excluding carboxylic acids is 3. The number of imidazole rings is 1. The minimum Gasteiger partial charge on any atom is -0.465 e. The average Bonchev–Trinajstić information content (AvgIpc) is 3.27. The van der Waals surface area contributed by atoms with Gasteiger partial charge in [0.05, 0.1) is 23.2 Å². The molecule has 13 nitrogen and oxygen atoms in total. The molecule has 2 unspecified atom stereocenters. The summed E-state index contributed by atoms with van der Waals surface area (Å²) in [6.45, 7) is 9.99. The Hall–Kier alpha value is -3.71. The van der Waals surface area contributed by atoms with Crippen molar-refractivity contribution in [1.29, 1.82) is 0 Å². The number of hydrogen-bond donors (Lipinski definition) is 2. The molecule has 1 aromatic carbocycles. The summed E-state index contributed by atoms with van der Waals surface area (Å²) in [4.78, 5) is 68.1. The van der Waals surface area contributed by atoms with E-state index in [0.717, 1.165) is 62.7 Å². The number of carboxylic acid groups (broad SMARTS) is 1. The molecule has 4 amide bonds. The smallest absolute Gasteiger partial charge is 0.407 e. The molecule has 2 aromatic rings. The van der Waals surface area contributed by atoms with Gasteiger partial charge < -0.3 is 24.5 Å². The maximum absolute atomic E-state index is 13.3.